The molecule has 16 heavy (non-hydrogen) atoms. The fraction of sp³-hybridized carbons (Fsp3) is 0.500. The molecule has 2 rings (SSSR count). The maximum atomic E-state index is 10.8. The highest BCUT2D eigenvalue weighted by atomic mass is 16.4. The molecular formula is C12H16N2O2. The Kier molecular flexibility index (Phi) is 3.39. The van der Waals surface area contributed by atoms with Crippen LogP contribution in [0.4, 0.5) is 5.82 Å². The average molecular weight is 220 g/mol. The summed E-state index contributed by atoms with van der Waals surface area (Å²) in [6.45, 7) is 0. The first kappa shape index (κ1) is 10.9. The van der Waals surface area contributed by atoms with Crippen LogP contribution in [0, 0.1) is 0 Å². The maximum Gasteiger partial charge on any atom is 0.354 e. The molecule has 4 heteroatoms. The van der Waals surface area contributed by atoms with Crippen LogP contribution in [-0.4, -0.2) is 22.1 Å². The first-order valence-corrected chi connectivity index (χ1v) is 5.72. The first-order chi connectivity index (χ1) is 7.75. The Labute approximate surface area is 94.7 Å². The van der Waals surface area contributed by atoms with E-state index in [1.54, 1.807) is 6.07 Å². The van der Waals surface area contributed by atoms with Gasteiger partial charge in [-0.25, -0.2) is 9.78 Å². The van der Waals surface area contributed by atoms with Crippen molar-refractivity contribution in [2.24, 2.45) is 0 Å². The molecule has 0 radical (unpaired) electrons. The van der Waals surface area contributed by atoms with E-state index in [4.69, 9.17) is 5.11 Å². The molecule has 2 N–H and O–H groups in total. The summed E-state index contributed by atoms with van der Waals surface area (Å²) < 4.78 is 0. The molecule has 1 heterocycles. The molecule has 0 amide bonds. The number of rotatable bonds is 3. The summed E-state index contributed by atoms with van der Waals surface area (Å²) in [5.41, 5.74) is 0.0980. The van der Waals surface area contributed by atoms with Crippen molar-refractivity contribution in [1.29, 1.82) is 0 Å². The largest absolute Gasteiger partial charge is 0.477 e. The molecule has 0 saturated heterocycles. The molecule has 1 aliphatic rings. The lowest BCUT2D eigenvalue weighted by Gasteiger charge is -2.23. The van der Waals surface area contributed by atoms with Crippen LogP contribution in [-0.2, 0) is 0 Å². The van der Waals surface area contributed by atoms with Gasteiger partial charge in [-0.1, -0.05) is 25.3 Å². The predicted octanol–water partition coefficient (Wildman–Crippen LogP) is 2.52. The number of nitrogens with zero attached hydrogens (tertiary/aromatic N) is 1. The van der Waals surface area contributed by atoms with Crippen LogP contribution in [0.15, 0.2) is 18.2 Å². The van der Waals surface area contributed by atoms with E-state index in [-0.39, 0.29) is 5.69 Å². The molecule has 1 aliphatic carbocycles. The summed E-state index contributed by atoms with van der Waals surface area (Å²) in [6.07, 6.45) is 6.10. The number of carboxylic acids is 1. The van der Waals surface area contributed by atoms with Crippen LogP contribution in [0.2, 0.25) is 0 Å². The fourth-order valence-electron chi connectivity index (χ4n) is 2.09. The van der Waals surface area contributed by atoms with Crippen molar-refractivity contribution in [3.8, 4) is 0 Å². The Morgan fingerprint density at radius 2 is 2.06 bits per heavy atom. The van der Waals surface area contributed by atoms with Gasteiger partial charge < -0.3 is 10.4 Å². The molecule has 0 spiro atoms. The van der Waals surface area contributed by atoms with Gasteiger partial charge in [-0.2, -0.15) is 0 Å². The Bertz CT molecular complexity index is 373. The Balaban J connectivity index is 2.02. The number of aromatic carboxylic acids is 1. The van der Waals surface area contributed by atoms with Crippen LogP contribution in [0.1, 0.15) is 42.6 Å². The second-order valence-electron chi connectivity index (χ2n) is 4.19. The first-order valence-electron chi connectivity index (χ1n) is 5.72. The van der Waals surface area contributed by atoms with E-state index in [2.05, 4.69) is 10.3 Å². The highest BCUT2D eigenvalue weighted by molar-refractivity contribution is 5.85. The van der Waals surface area contributed by atoms with Gasteiger partial charge in [0, 0.05) is 6.04 Å². The summed E-state index contributed by atoms with van der Waals surface area (Å²) in [5.74, 6) is -0.306. The molecule has 0 aromatic carbocycles. The van der Waals surface area contributed by atoms with Gasteiger partial charge in [0.1, 0.15) is 5.82 Å². The van der Waals surface area contributed by atoms with Gasteiger partial charge in [0.2, 0.25) is 0 Å². The van der Waals surface area contributed by atoms with Crippen LogP contribution in [0.3, 0.4) is 0 Å². The quantitative estimate of drug-likeness (QED) is 0.821. The lowest BCUT2D eigenvalue weighted by molar-refractivity contribution is 0.0690. The van der Waals surface area contributed by atoms with E-state index < -0.39 is 5.97 Å². The third-order valence-corrected chi connectivity index (χ3v) is 2.93. The van der Waals surface area contributed by atoms with Crippen molar-refractivity contribution < 1.29 is 9.90 Å². The van der Waals surface area contributed by atoms with Gasteiger partial charge in [-0.15, -0.1) is 0 Å². The third-order valence-electron chi connectivity index (χ3n) is 2.93. The predicted molar refractivity (Wildman–Crippen MR) is 61.7 cm³/mol. The normalized spacial score (nSPS) is 17.0. The summed E-state index contributed by atoms with van der Waals surface area (Å²) >= 11 is 0. The van der Waals surface area contributed by atoms with Gasteiger partial charge in [0.05, 0.1) is 0 Å². The zero-order valence-electron chi connectivity index (χ0n) is 9.15. The van der Waals surface area contributed by atoms with Gasteiger partial charge >= 0.3 is 5.97 Å². The highest BCUT2D eigenvalue weighted by Gasteiger charge is 2.14. The van der Waals surface area contributed by atoms with Crippen LogP contribution in [0.5, 0.6) is 0 Å². The zero-order chi connectivity index (χ0) is 11.4. The monoisotopic (exact) mass is 220 g/mol. The van der Waals surface area contributed by atoms with Crippen molar-refractivity contribution >= 4 is 11.8 Å². The summed E-state index contributed by atoms with van der Waals surface area (Å²) in [4.78, 5) is 14.8. The standard InChI is InChI=1S/C12H16N2O2/c15-12(16)10-7-4-8-11(14-10)13-9-5-2-1-3-6-9/h4,7-9H,1-3,5-6H2,(H,13,14)(H,15,16). The zero-order valence-corrected chi connectivity index (χ0v) is 9.15. The number of hydrogen-bond acceptors (Lipinski definition) is 3. The van der Waals surface area contributed by atoms with Crippen molar-refractivity contribution in [2.45, 2.75) is 38.1 Å². The van der Waals surface area contributed by atoms with Crippen LogP contribution in [0.25, 0.3) is 0 Å². The lowest BCUT2D eigenvalue weighted by Crippen LogP contribution is -2.23. The van der Waals surface area contributed by atoms with Crippen molar-refractivity contribution in [2.75, 3.05) is 5.32 Å². The van der Waals surface area contributed by atoms with E-state index >= 15 is 0 Å². The molecule has 4 nitrogen and oxygen atoms in total. The molecule has 1 aromatic rings. The van der Waals surface area contributed by atoms with Crippen molar-refractivity contribution in [3.05, 3.63) is 23.9 Å². The Hall–Kier alpha value is -1.58. The third kappa shape index (κ3) is 2.72. The Morgan fingerprint density at radius 1 is 1.31 bits per heavy atom. The molecule has 0 atom stereocenters. The minimum absolute atomic E-state index is 0.0980. The molecule has 1 fully saturated rings. The van der Waals surface area contributed by atoms with E-state index in [0.717, 1.165) is 12.8 Å². The number of anilines is 1. The SMILES string of the molecule is O=C(O)c1cccc(NC2CCCCC2)n1. The van der Waals surface area contributed by atoms with E-state index in [0.29, 0.717) is 11.9 Å². The molecule has 1 saturated carbocycles. The lowest BCUT2D eigenvalue weighted by atomic mass is 9.95. The van der Waals surface area contributed by atoms with Crippen LogP contribution >= 0.6 is 0 Å². The maximum absolute atomic E-state index is 10.8. The van der Waals surface area contributed by atoms with Crippen LogP contribution < -0.4 is 5.32 Å². The van der Waals surface area contributed by atoms with E-state index in [9.17, 15) is 4.79 Å². The number of aromatic nitrogens is 1. The fourth-order valence-corrected chi connectivity index (χ4v) is 2.09. The summed E-state index contributed by atoms with van der Waals surface area (Å²) in [5, 5.41) is 12.1. The average Bonchev–Trinajstić information content (AvgIpc) is 2.30. The number of carbonyl (C=O) groups is 1. The molecule has 0 aliphatic heterocycles. The number of nitrogens with one attached hydrogen (secondary N) is 1. The molecular weight excluding hydrogens is 204 g/mol. The molecule has 1 aromatic heterocycles. The smallest absolute Gasteiger partial charge is 0.354 e. The van der Waals surface area contributed by atoms with Crippen molar-refractivity contribution in [3.63, 3.8) is 0 Å². The molecule has 86 valence electrons. The molecule has 0 bridgehead atoms. The molecule has 0 unspecified atom stereocenters. The number of pyridine rings is 1. The van der Waals surface area contributed by atoms with E-state index in [1.165, 1.54) is 25.3 Å². The van der Waals surface area contributed by atoms with Gasteiger partial charge in [-0.05, 0) is 25.0 Å². The van der Waals surface area contributed by atoms with Gasteiger partial charge in [-0.3, -0.25) is 0 Å². The summed E-state index contributed by atoms with van der Waals surface area (Å²) in [6, 6.07) is 5.50. The number of hydrogen-bond donors (Lipinski definition) is 2. The van der Waals surface area contributed by atoms with E-state index in [1.807, 2.05) is 6.07 Å². The minimum atomic E-state index is -0.979. The Morgan fingerprint density at radius 3 is 2.75 bits per heavy atom. The highest BCUT2D eigenvalue weighted by Crippen LogP contribution is 2.20. The second-order valence-corrected chi connectivity index (χ2v) is 4.19. The topological polar surface area (TPSA) is 62.2 Å². The number of carboxylic acid groups (broad SMARTS) is 1. The minimum Gasteiger partial charge on any atom is -0.477 e. The van der Waals surface area contributed by atoms with Gasteiger partial charge in [0.25, 0.3) is 0 Å². The summed E-state index contributed by atoms with van der Waals surface area (Å²) in [7, 11) is 0. The second kappa shape index (κ2) is 4.96. The van der Waals surface area contributed by atoms with Crippen molar-refractivity contribution in [1.82, 2.24) is 4.98 Å². The van der Waals surface area contributed by atoms with Gasteiger partial charge in [0.15, 0.2) is 5.69 Å².